The van der Waals surface area contributed by atoms with E-state index >= 15 is 0 Å². The Labute approximate surface area is 214 Å². The van der Waals surface area contributed by atoms with Gasteiger partial charge in [-0.3, -0.25) is 14.5 Å². The van der Waals surface area contributed by atoms with E-state index < -0.39 is 28.9 Å². The molecule has 0 bridgehead atoms. The highest BCUT2D eigenvalue weighted by molar-refractivity contribution is 8.00. The molecule has 2 N–H and O–H groups in total. The molecule has 3 aliphatic rings. The zero-order chi connectivity index (χ0) is 26.4. The highest BCUT2D eigenvalue weighted by Gasteiger charge is 2.66. The number of amides is 1. The summed E-state index contributed by atoms with van der Waals surface area (Å²) in [6.07, 6.45) is 5.22. The summed E-state index contributed by atoms with van der Waals surface area (Å²) in [5, 5.41) is 20.1. The van der Waals surface area contributed by atoms with Crippen molar-refractivity contribution < 1.29 is 34.1 Å². The number of hydrogen-bond donors (Lipinski definition) is 2. The lowest BCUT2D eigenvalue weighted by atomic mass is 9.79. The lowest BCUT2D eigenvalue weighted by Gasteiger charge is -2.53. The number of hydrogen-bond acceptors (Lipinski definition) is 8. The largest absolute Gasteiger partial charge is 0.507 e. The van der Waals surface area contributed by atoms with Crippen molar-refractivity contribution in [3.05, 3.63) is 39.6 Å². The molecule has 0 aromatic heterocycles. The number of phenols is 1. The summed E-state index contributed by atoms with van der Waals surface area (Å²) < 4.78 is 10.6. The smallest absolute Gasteiger partial charge is 0.352 e. The summed E-state index contributed by atoms with van der Waals surface area (Å²) in [5.41, 5.74) is 1.90. The van der Waals surface area contributed by atoms with Crippen LogP contribution < -0.4 is 0 Å². The number of fused-ring (bicyclic) bond motifs is 2. The van der Waals surface area contributed by atoms with Crippen LogP contribution in [0.25, 0.3) is 0 Å². The van der Waals surface area contributed by atoms with Crippen molar-refractivity contribution in [1.82, 2.24) is 4.90 Å². The Hall–Kier alpha value is -2.85. The van der Waals surface area contributed by atoms with Gasteiger partial charge in [0.25, 0.3) is 11.6 Å². The van der Waals surface area contributed by atoms with Gasteiger partial charge in [-0.25, -0.2) is 9.79 Å². The van der Waals surface area contributed by atoms with E-state index in [1.165, 1.54) is 30.7 Å². The standard InChI is InChI=1S/C26H32N2O7S/c1-14(29)35-12-16-13-36-24-26(34-5,23(33)28(24)20(16)22(31)32)27-11-15-10-19(25(2,3)4)21(30)18-9-7-6-8-17(15)18/h10-11,24,30H,6-9,12-13H2,1-5H3,(H,31,32)/t24-,26-/m0/s1. The number of benzene rings is 1. The van der Waals surface area contributed by atoms with Crippen molar-refractivity contribution in [1.29, 1.82) is 0 Å². The SMILES string of the molecule is CO[C@@]1(N=Cc2cc(C(C)(C)C)c(O)c3c2CCCC3)C(=O)N2C(C(=O)O)=C(COC(C)=O)CS[C@H]21. The van der Waals surface area contributed by atoms with Gasteiger partial charge in [0.05, 0.1) is 0 Å². The molecule has 36 heavy (non-hydrogen) atoms. The van der Waals surface area contributed by atoms with Crippen LogP contribution in [-0.2, 0) is 42.1 Å². The molecular formula is C26H32N2O7S. The fraction of sp³-hybridized carbons (Fsp3) is 0.538. The van der Waals surface area contributed by atoms with Crippen molar-refractivity contribution in [2.45, 2.75) is 69.9 Å². The molecule has 10 heteroatoms. The number of carboxylic acid groups (broad SMARTS) is 1. The average Bonchev–Trinajstić information content (AvgIpc) is 2.82. The normalized spacial score (nSPS) is 23.9. The number of methoxy groups -OCH3 is 1. The summed E-state index contributed by atoms with van der Waals surface area (Å²) >= 11 is 1.32. The summed E-state index contributed by atoms with van der Waals surface area (Å²) in [4.78, 5) is 42.4. The van der Waals surface area contributed by atoms with E-state index in [2.05, 4.69) is 4.99 Å². The van der Waals surface area contributed by atoms with E-state index in [0.717, 1.165) is 47.9 Å². The molecule has 2 aliphatic heterocycles. The van der Waals surface area contributed by atoms with Crippen LogP contribution in [0.5, 0.6) is 5.75 Å². The number of thioether (sulfide) groups is 1. The Bertz CT molecular complexity index is 1180. The van der Waals surface area contributed by atoms with Crippen LogP contribution in [0.1, 0.15) is 62.8 Å². The highest BCUT2D eigenvalue weighted by atomic mass is 32.2. The van der Waals surface area contributed by atoms with E-state index in [0.29, 0.717) is 11.3 Å². The van der Waals surface area contributed by atoms with Gasteiger partial charge in [-0.2, -0.15) is 0 Å². The zero-order valence-electron chi connectivity index (χ0n) is 21.2. The van der Waals surface area contributed by atoms with Crippen molar-refractivity contribution in [2.24, 2.45) is 4.99 Å². The van der Waals surface area contributed by atoms with E-state index in [-0.39, 0.29) is 23.5 Å². The fourth-order valence-electron chi connectivity index (χ4n) is 5.04. The first-order chi connectivity index (χ1) is 16.9. The van der Waals surface area contributed by atoms with Gasteiger partial charge in [0.2, 0.25) is 0 Å². The monoisotopic (exact) mass is 516 g/mol. The lowest BCUT2D eigenvalue weighted by molar-refractivity contribution is -0.182. The number of β-lactam (4-membered cyclic amide) rings is 1. The minimum absolute atomic E-state index is 0.190. The van der Waals surface area contributed by atoms with Gasteiger partial charge >= 0.3 is 11.9 Å². The summed E-state index contributed by atoms with van der Waals surface area (Å²) in [7, 11) is 1.39. The molecule has 1 fully saturated rings. The van der Waals surface area contributed by atoms with Crippen LogP contribution in [0.15, 0.2) is 22.3 Å². The van der Waals surface area contributed by atoms with Gasteiger partial charge in [-0.15, -0.1) is 11.8 Å². The predicted octanol–water partition coefficient (Wildman–Crippen LogP) is 3.15. The van der Waals surface area contributed by atoms with Crippen molar-refractivity contribution in [3.8, 4) is 5.75 Å². The minimum atomic E-state index is -1.57. The molecule has 2 atom stereocenters. The first-order valence-corrected chi connectivity index (χ1v) is 13.0. The van der Waals surface area contributed by atoms with Crippen LogP contribution in [0.4, 0.5) is 0 Å². The van der Waals surface area contributed by atoms with Crippen LogP contribution >= 0.6 is 11.8 Å². The van der Waals surface area contributed by atoms with Crippen molar-refractivity contribution >= 4 is 35.8 Å². The van der Waals surface area contributed by atoms with Gasteiger partial charge in [0.1, 0.15) is 23.4 Å². The first kappa shape index (κ1) is 26.2. The molecule has 0 saturated carbocycles. The first-order valence-electron chi connectivity index (χ1n) is 11.9. The van der Waals surface area contributed by atoms with Crippen LogP contribution in [-0.4, -0.2) is 69.7 Å². The lowest BCUT2D eigenvalue weighted by Crippen LogP contribution is -2.73. The molecule has 2 heterocycles. The topological polar surface area (TPSA) is 126 Å². The molecule has 0 unspecified atom stereocenters. The number of aliphatic carboxylic acids is 1. The summed E-state index contributed by atoms with van der Waals surface area (Å²) in [6, 6.07) is 1.93. The third-order valence-corrected chi connectivity index (χ3v) is 8.27. The number of esters is 1. The van der Waals surface area contributed by atoms with E-state index in [1.807, 2.05) is 26.8 Å². The molecule has 0 radical (unpaired) electrons. The molecule has 0 spiro atoms. The van der Waals surface area contributed by atoms with Gasteiger partial charge < -0.3 is 19.7 Å². The van der Waals surface area contributed by atoms with Crippen LogP contribution in [0.3, 0.4) is 0 Å². The third-order valence-electron chi connectivity index (χ3n) is 6.91. The number of carboxylic acids is 1. The van der Waals surface area contributed by atoms with Crippen LogP contribution in [0, 0.1) is 0 Å². The summed E-state index contributed by atoms with van der Waals surface area (Å²) in [6.45, 7) is 7.15. The van der Waals surface area contributed by atoms with Gasteiger partial charge in [0.15, 0.2) is 0 Å². The molecule has 1 saturated heterocycles. The van der Waals surface area contributed by atoms with E-state index in [1.54, 1.807) is 6.21 Å². The average molecular weight is 517 g/mol. The Morgan fingerprint density at radius 1 is 1.28 bits per heavy atom. The maximum Gasteiger partial charge on any atom is 0.352 e. The number of carbonyl (C=O) groups is 3. The summed E-state index contributed by atoms with van der Waals surface area (Å²) in [5.74, 6) is -1.79. The highest BCUT2D eigenvalue weighted by Crippen LogP contribution is 2.49. The second-order valence-corrected chi connectivity index (χ2v) is 11.4. The molecular weight excluding hydrogens is 484 g/mol. The Morgan fingerprint density at radius 3 is 2.53 bits per heavy atom. The molecule has 4 rings (SSSR count). The third kappa shape index (κ3) is 4.30. The Morgan fingerprint density at radius 2 is 1.94 bits per heavy atom. The Kier molecular flexibility index (Phi) is 6.96. The van der Waals surface area contributed by atoms with Crippen LogP contribution in [0.2, 0.25) is 0 Å². The predicted molar refractivity (Wildman–Crippen MR) is 135 cm³/mol. The minimum Gasteiger partial charge on any atom is -0.507 e. The number of rotatable bonds is 6. The van der Waals surface area contributed by atoms with Crippen molar-refractivity contribution in [2.75, 3.05) is 19.5 Å². The number of carbonyl (C=O) groups excluding carboxylic acids is 2. The fourth-order valence-corrected chi connectivity index (χ4v) is 6.46. The number of phenolic OH excluding ortho intramolecular Hbond substituents is 1. The second kappa shape index (κ2) is 9.55. The number of aliphatic imine (C=N–C) groups is 1. The molecule has 194 valence electrons. The van der Waals surface area contributed by atoms with Crippen molar-refractivity contribution in [3.63, 3.8) is 0 Å². The maximum atomic E-state index is 13.4. The van der Waals surface area contributed by atoms with Gasteiger partial charge in [-0.05, 0) is 53.9 Å². The molecule has 1 aromatic carbocycles. The second-order valence-electron chi connectivity index (χ2n) is 10.3. The van der Waals surface area contributed by atoms with E-state index in [4.69, 9.17) is 9.47 Å². The molecule has 1 amide bonds. The quantitative estimate of drug-likeness (QED) is 0.336. The number of nitrogens with zero attached hydrogens (tertiary/aromatic N) is 2. The molecule has 9 nitrogen and oxygen atoms in total. The van der Waals surface area contributed by atoms with Gasteiger partial charge in [0, 0.05) is 37.1 Å². The Balaban J connectivity index is 1.72. The maximum absolute atomic E-state index is 13.4. The number of ether oxygens (including phenoxy) is 2. The molecule has 1 aliphatic carbocycles. The molecule has 1 aromatic rings. The number of aromatic hydroxyl groups is 1. The van der Waals surface area contributed by atoms with E-state index in [9.17, 15) is 24.6 Å². The zero-order valence-corrected chi connectivity index (χ0v) is 22.0. The van der Waals surface area contributed by atoms with Gasteiger partial charge in [-0.1, -0.05) is 20.8 Å².